The van der Waals surface area contributed by atoms with Crippen LogP contribution < -0.4 is 0 Å². The molecule has 0 spiro atoms. The van der Waals surface area contributed by atoms with E-state index in [0.29, 0.717) is 5.92 Å². The molecule has 1 heterocycles. The molecule has 80 valence electrons. The Balaban J connectivity index is 2.94. The van der Waals surface area contributed by atoms with E-state index in [0.717, 1.165) is 23.4 Å². The van der Waals surface area contributed by atoms with Crippen molar-refractivity contribution in [3.8, 4) is 0 Å². The second kappa shape index (κ2) is 4.13. The van der Waals surface area contributed by atoms with Crippen molar-refractivity contribution < 1.29 is 5.11 Å². The zero-order valence-corrected chi connectivity index (χ0v) is 9.70. The van der Waals surface area contributed by atoms with Gasteiger partial charge in [-0.25, -0.2) is 0 Å². The number of aliphatic hydroxyl groups is 1. The van der Waals surface area contributed by atoms with Crippen molar-refractivity contribution in [3.63, 3.8) is 0 Å². The molecule has 0 amide bonds. The Morgan fingerprint density at radius 3 is 2.29 bits per heavy atom. The minimum Gasteiger partial charge on any atom is -0.388 e. The summed E-state index contributed by atoms with van der Waals surface area (Å²) < 4.78 is 1.83. The molecule has 1 aromatic rings. The van der Waals surface area contributed by atoms with Gasteiger partial charge in [-0.1, -0.05) is 13.8 Å². The third-order valence-electron chi connectivity index (χ3n) is 2.59. The van der Waals surface area contributed by atoms with E-state index in [-0.39, 0.29) is 6.10 Å². The van der Waals surface area contributed by atoms with Crippen LogP contribution in [0.1, 0.15) is 43.3 Å². The van der Waals surface area contributed by atoms with Gasteiger partial charge in [0.1, 0.15) is 0 Å². The second-order valence-electron chi connectivity index (χ2n) is 4.35. The van der Waals surface area contributed by atoms with Crippen molar-refractivity contribution in [2.24, 2.45) is 13.0 Å². The summed E-state index contributed by atoms with van der Waals surface area (Å²) in [6.07, 6.45) is 0.427. The van der Waals surface area contributed by atoms with Crippen molar-refractivity contribution in [2.45, 2.75) is 40.2 Å². The van der Waals surface area contributed by atoms with Crippen LogP contribution in [0.25, 0.3) is 0 Å². The molecule has 0 aromatic carbocycles. The van der Waals surface area contributed by atoms with Gasteiger partial charge < -0.3 is 5.11 Å². The zero-order chi connectivity index (χ0) is 10.9. The normalized spacial score (nSPS) is 13.6. The number of aromatic nitrogens is 2. The first-order chi connectivity index (χ1) is 6.43. The van der Waals surface area contributed by atoms with Crippen LogP contribution in [0.2, 0.25) is 0 Å². The maximum Gasteiger partial charge on any atom is 0.0828 e. The number of rotatable bonds is 3. The molecule has 3 heteroatoms. The van der Waals surface area contributed by atoms with Crippen molar-refractivity contribution in [2.75, 3.05) is 0 Å². The minimum atomic E-state index is -0.372. The quantitative estimate of drug-likeness (QED) is 0.804. The predicted octanol–water partition coefficient (Wildman–Crippen LogP) is 2.12. The summed E-state index contributed by atoms with van der Waals surface area (Å²) in [4.78, 5) is 0. The molecule has 1 aromatic heterocycles. The average molecular weight is 196 g/mol. The molecule has 1 unspecified atom stereocenters. The summed E-state index contributed by atoms with van der Waals surface area (Å²) in [5.41, 5.74) is 3.01. The Labute approximate surface area is 85.8 Å². The van der Waals surface area contributed by atoms with Crippen LogP contribution in [0.5, 0.6) is 0 Å². The Bertz CT molecular complexity index is 315. The molecule has 0 aliphatic rings. The van der Waals surface area contributed by atoms with Crippen LogP contribution in [-0.2, 0) is 7.05 Å². The molecule has 0 saturated carbocycles. The lowest BCUT2D eigenvalue weighted by atomic mass is 9.98. The zero-order valence-electron chi connectivity index (χ0n) is 9.70. The lowest BCUT2D eigenvalue weighted by Crippen LogP contribution is -2.04. The molecule has 0 saturated heterocycles. The van der Waals surface area contributed by atoms with E-state index in [1.807, 2.05) is 25.6 Å². The molecule has 3 nitrogen and oxygen atoms in total. The third-order valence-corrected chi connectivity index (χ3v) is 2.59. The summed E-state index contributed by atoms with van der Waals surface area (Å²) in [5, 5.41) is 14.3. The Hall–Kier alpha value is -0.830. The number of hydrogen-bond acceptors (Lipinski definition) is 2. The molecule has 0 radical (unpaired) electrons. The predicted molar refractivity (Wildman–Crippen MR) is 57.1 cm³/mol. The van der Waals surface area contributed by atoms with E-state index < -0.39 is 0 Å². The highest BCUT2D eigenvalue weighted by Crippen LogP contribution is 2.26. The van der Waals surface area contributed by atoms with Gasteiger partial charge in [0.25, 0.3) is 0 Å². The van der Waals surface area contributed by atoms with Gasteiger partial charge in [0.05, 0.1) is 11.8 Å². The highest BCUT2D eigenvalue weighted by Gasteiger charge is 2.18. The summed E-state index contributed by atoms with van der Waals surface area (Å²) in [6.45, 7) is 8.18. The highest BCUT2D eigenvalue weighted by molar-refractivity contribution is 5.26. The third kappa shape index (κ3) is 2.15. The molecule has 14 heavy (non-hydrogen) atoms. The molecule has 1 rings (SSSR count). The molecule has 0 aliphatic carbocycles. The van der Waals surface area contributed by atoms with Gasteiger partial charge in [-0.15, -0.1) is 0 Å². The van der Waals surface area contributed by atoms with Crippen LogP contribution in [-0.4, -0.2) is 14.9 Å². The number of aryl methyl sites for hydroxylation is 2. The fraction of sp³-hybridized carbons (Fsp3) is 0.727. The van der Waals surface area contributed by atoms with Crippen LogP contribution in [0, 0.1) is 19.8 Å². The summed E-state index contributed by atoms with van der Waals surface area (Å²) in [6, 6.07) is 0. The smallest absolute Gasteiger partial charge is 0.0828 e. The SMILES string of the molecule is Cc1nn(C)c(C)c1C(O)CC(C)C. The van der Waals surface area contributed by atoms with E-state index in [9.17, 15) is 5.11 Å². The number of hydrogen-bond donors (Lipinski definition) is 1. The average Bonchev–Trinajstić information content (AvgIpc) is 2.25. The first kappa shape index (κ1) is 11.2. The maximum atomic E-state index is 10.0. The molecule has 1 N–H and O–H groups in total. The molecular weight excluding hydrogens is 176 g/mol. The Morgan fingerprint density at radius 1 is 1.36 bits per heavy atom. The van der Waals surface area contributed by atoms with Gasteiger partial charge >= 0.3 is 0 Å². The van der Waals surface area contributed by atoms with E-state index in [2.05, 4.69) is 18.9 Å². The molecule has 0 fully saturated rings. The van der Waals surface area contributed by atoms with Gasteiger partial charge in [-0.05, 0) is 26.2 Å². The van der Waals surface area contributed by atoms with Gasteiger partial charge in [-0.3, -0.25) is 4.68 Å². The van der Waals surface area contributed by atoms with E-state index >= 15 is 0 Å². The Morgan fingerprint density at radius 2 is 1.93 bits per heavy atom. The molecule has 0 bridgehead atoms. The van der Waals surface area contributed by atoms with Crippen LogP contribution in [0.4, 0.5) is 0 Å². The fourth-order valence-corrected chi connectivity index (χ4v) is 1.84. The molecule has 1 atom stereocenters. The van der Waals surface area contributed by atoms with E-state index in [1.54, 1.807) is 0 Å². The topological polar surface area (TPSA) is 38.0 Å². The minimum absolute atomic E-state index is 0.372. The fourth-order valence-electron chi connectivity index (χ4n) is 1.84. The van der Waals surface area contributed by atoms with Crippen LogP contribution >= 0.6 is 0 Å². The van der Waals surface area contributed by atoms with Gasteiger partial charge in [0.2, 0.25) is 0 Å². The Kier molecular flexibility index (Phi) is 3.32. The van der Waals surface area contributed by atoms with Gasteiger partial charge in [0, 0.05) is 18.3 Å². The summed E-state index contributed by atoms with van der Waals surface area (Å²) in [7, 11) is 1.91. The first-order valence-electron chi connectivity index (χ1n) is 5.11. The molecule has 0 aliphatic heterocycles. The van der Waals surface area contributed by atoms with Gasteiger partial charge in [0.15, 0.2) is 0 Å². The monoisotopic (exact) mass is 196 g/mol. The summed E-state index contributed by atoms with van der Waals surface area (Å²) in [5.74, 6) is 0.504. The standard InChI is InChI=1S/C11H20N2O/c1-7(2)6-10(14)11-8(3)12-13(5)9(11)4/h7,10,14H,6H2,1-5H3. The first-order valence-corrected chi connectivity index (χ1v) is 5.11. The second-order valence-corrected chi connectivity index (χ2v) is 4.35. The van der Waals surface area contributed by atoms with E-state index in [1.165, 1.54) is 0 Å². The number of nitrogens with zero attached hydrogens (tertiary/aromatic N) is 2. The highest BCUT2D eigenvalue weighted by atomic mass is 16.3. The molecular formula is C11H20N2O. The lowest BCUT2D eigenvalue weighted by molar-refractivity contribution is 0.149. The van der Waals surface area contributed by atoms with E-state index in [4.69, 9.17) is 0 Å². The largest absolute Gasteiger partial charge is 0.388 e. The van der Waals surface area contributed by atoms with Gasteiger partial charge in [-0.2, -0.15) is 5.10 Å². The van der Waals surface area contributed by atoms with Crippen LogP contribution in [0.15, 0.2) is 0 Å². The van der Waals surface area contributed by atoms with Crippen LogP contribution in [0.3, 0.4) is 0 Å². The lowest BCUT2D eigenvalue weighted by Gasteiger charge is -2.13. The summed E-state index contributed by atoms with van der Waals surface area (Å²) >= 11 is 0. The maximum absolute atomic E-state index is 10.0. The van der Waals surface area contributed by atoms with Crippen molar-refractivity contribution in [1.29, 1.82) is 0 Å². The van der Waals surface area contributed by atoms with Crippen molar-refractivity contribution >= 4 is 0 Å². The number of aliphatic hydroxyl groups excluding tert-OH is 1. The van der Waals surface area contributed by atoms with Crippen molar-refractivity contribution in [1.82, 2.24) is 9.78 Å². The van der Waals surface area contributed by atoms with Crippen molar-refractivity contribution in [3.05, 3.63) is 17.0 Å².